The van der Waals surface area contributed by atoms with Gasteiger partial charge in [0.05, 0.1) is 0 Å². The summed E-state index contributed by atoms with van der Waals surface area (Å²) in [6.45, 7) is 5.04. The van der Waals surface area contributed by atoms with Crippen LogP contribution >= 0.6 is 0 Å². The fourth-order valence-corrected chi connectivity index (χ4v) is 2.20. The van der Waals surface area contributed by atoms with Crippen LogP contribution in [0.5, 0.6) is 0 Å². The zero-order valence-corrected chi connectivity index (χ0v) is 12.0. The van der Waals surface area contributed by atoms with E-state index in [0.717, 1.165) is 0 Å². The van der Waals surface area contributed by atoms with Crippen LogP contribution < -0.4 is 11.0 Å². The number of rotatable bonds is 4. The first-order valence-electron chi connectivity index (χ1n) is 6.80. The van der Waals surface area contributed by atoms with Gasteiger partial charge in [0.2, 0.25) is 0 Å². The fourth-order valence-electron chi connectivity index (χ4n) is 2.20. The standard InChI is InChI=1S/C15H17N5O/c1-15(2,11-6-4-3-5-7-11)10-16-12-8-9-13-17-18-14(21)20(13)19-12/h3-9H,10H2,1-2H3,(H,16,19)(H,18,21). The molecule has 6 nitrogen and oxygen atoms in total. The monoisotopic (exact) mass is 283 g/mol. The van der Waals surface area contributed by atoms with Gasteiger partial charge in [-0.05, 0) is 17.7 Å². The van der Waals surface area contributed by atoms with E-state index in [0.29, 0.717) is 18.0 Å². The molecule has 0 fully saturated rings. The van der Waals surface area contributed by atoms with Crippen molar-refractivity contribution in [1.29, 1.82) is 0 Å². The average Bonchev–Trinajstić information content (AvgIpc) is 2.87. The van der Waals surface area contributed by atoms with Gasteiger partial charge in [0, 0.05) is 12.0 Å². The lowest BCUT2D eigenvalue weighted by atomic mass is 9.85. The normalized spacial score (nSPS) is 11.7. The molecule has 6 heteroatoms. The molecule has 0 amide bonds. The van der Waals surface area contributed by atoms with Crippen LogP contribution in [0.25, 0.3) is 5.65 Å². The van der Waals surface area contributed by atoms with Crippen molar-refractivity contribution >= 4 is 11.5 Å². The van der Waals surface area contributed by atoms with Gasteiger partial charge in [-0.15, -0.1) is 5.10 Å². The largest absolute Gasteiger partial charge is 0.368 e. The molecule has 0 atom stereocenters. The molecule has 21 heavy (non-hydrogen) atoms. The smallest absolute Gasteiger partial charge is 0.364 e. The van der Waals surface area contributed by atoms with Crippen molar-refractivity contribution in [2.75, 3.05) is 11.9 Å². The van der Waals surface area contributed by atoms with Crippen LogP contribution in [-0.2, 0) is 5.41 Å². The van der Waals surface area contributed by atoms with Crippen molar-refractivity contribution < 1.29 is 0 Å². The van der Waals surface area contributed by atoms with Gasteiger partial charge in [0.1, 0.15) is 5.82 Å². The summed E-state index contributed by atoms with van der Waals surface area (Å²) < 4.78 is 1.25. The minimum Gasteiger partial charge on any atom is -0.368 e. The van der Waals surface area contributed by atoms with Crippen molar-refractivity contribution in [2.24, 2.45) is 0 Å². The van der Waals surface area contributed by atoms with E-state index in [4.69, 9.17) is 0 Å². The number of aromatic amines is 1. The third kappa shape index (κ3) is 2.65. The maximum Gasteiger partial charge on any atom is 0.364 e. The van der Waals surface area contributed by atoms with E-state index < -0.39 is 0 Å². The van der Waals surface area contributed by atoms with E-state index in [1.807, 2.05) is 24.3 Å². The molecule has 0 radical (unpaired) electrons. The molecule has 0 bridgehead atoms. The second-order valence-electron chi connectivity index (χ2n) is 5.62. The van der Waals surface area contributed by atoms with Gasteiger partial charge in [0.25, 0.3) is 0 Å². The Labute approximate surface area is 121 Å². The van der Waals surface area contributed by atoms with E-state index >= 15 is 0 Å². The molecule has 108 valence electrons. The molecule has 2 aromatic heterocycles. The molecule has 0 aliphatic rings. The summed E-state index contributed by atoms with van der Waals surface area (Å²) in [5.74, 6) is 0.648. The lowest BCUT2D eigenvalue weighted by Gasteiger charge is -2.25. The number of hydrogen-bond acceptors (Lipinski definition) is 4. The molecule has 3 aromatic rings. The molecule has 0 spiro atoms. The summed E-state index contributed by atoms with van der Waals surface area (Å²) in [5.41, 5.74) is 1.38. The Kier molecular flexibility index (Phi) is 3.21. The quantitative estimate of drug-likeness (QED) is 0.765. The maximum atomic E-state index is 11.5. The Bertz CT molecular complexity index is 804. The average molecular weight is 283 g/mol. The van der Waals surface area contributed by atoms with Crippen LogP contribution in [0.4, 0.5) is 5.82 Å². The SMILES string of the molecule is CC(C)(CNc1ccc2n[nH]c(=O)n2n1)c1ccccc1. The van der Waals surface area contributed by atoms with E-state index in [9.17, 15) is 4.79 Å². The minimum atomic E-state index is -0.337. The van der Waals surface area contributed by atoms with E-state index in [1.165, 1.54) is 10.1 Å². The Morgan fingerprint density at radius 1 is 1.19 bits per heavy atom. The second kappa shape index (κ2) is 5.05. The molecule has 2 heterocycles. The number of nitrogens with zero attached hydrogens (tertiary/aromatic N) is 3. The van der Waals surface area contributed by atoms with Crippen molar-refractivity contribution in [3.63, 3.8) is 0 Å². The number of hydrogen-bond donors (Lipinski definition) is 2. The molecular formula is C15H17N5O. The van der Waals surface area contributed by atoms with Gasteiger partial charge >= 0.3 is 5.69 Å². The fraction of sp³-hybridized carbons (Fsp3) is 0.267. The van der Waals surface area contributed by atoms with Crippen LogP contribution in [0, 0.1) is 0 Å². The van der Waals surface area contributed by atoms with Crippen molar-refractivity contribution in [1.82, 2.24) is 19.8 Å². The molecule has 1 aromatic carbocycles. The van der Waals surface area contributed by atoms with Gasteiger partial charge in [-0.25, -0.2) is 9.89 Å². The summed E-state index contributed by atoms with van der Waals surface area (Å²) in [7, 11) is 0. The molecule has 0 aliphatic heterocycles. The summed E-state index contributed by atoms with van der Waals surface area (Å²) >= 11 is 0. The van der Waals surface area contributed by atoms with Crippen LogP contribution in [0.15, 0.2) is 47.3 Å². The molecule has 0 saturated carbocycles. The summed E-state index contributed by atoms with van der Waals surface area (Å²) in [6.07, 6.45) is 0. The highest BCUT2D eigenvalue weighted by Crippen LogP contribution is 2.23. The first-order valence-corrected chi connectivity index (χ1v) is 6.80. The third-order valence-electron chi connectivity index (χ3n) is 3.54. The highest BCUT2D eigenvalue weighted by molar-refractivity contribution is 5.43. The number of aromatic nitrogens is 4. The molecule has 0 unspecified atom stereocenters. The van der Waals surface area contributed by atoms with E-state index in [-0.39, 0.29) is 11.1 Å². The van der Waals surface area contributed by atoms with Crippen molar-refractivity contribution in [3.8, 4) is 0 Å². The maximum absolute atomic E-state index is 11.5. The van der Waals surface area contributed by atoms with Crippen LogP contribution in [0.1, 0.15) is 19.4 Å². The lowest BCUT2D eigenvalue weighted by Crippen LogP contribution is -2.28. The van der Waals surface area contributed by atoms with E-state index in [2.05, 4.69) is 46.6 Å². The van der Waals surface area contributed by atoms with Gasteiger partial charge < -0.3 is 5.32 Å². The zero-order chi connectivity index (χ0) is 14.9. The lowest BCUT2D eigenvalue weighted by molar-refractivity contribution is 0.555. The molecule has 2 N–H and O–H groups in total. The number of H-pyrrole nitrogens is 1. The summed E-state index contributed by atoms with van der Waals surface area (Å²) in [4.78, 5) is 11.5. The predicted molar refractivity (Wildman–Crippen MR) is 81.6 cm³/mol. The van der Waals surface area contributed by atoms with Crippen molar-refractivity contribution in [3.05, 3.63) is 58.5 Å². The van der Waals surface area contributed by atoms with Gasteiger partial charge in [-0.2, -0.15) is 9.61 Å². The van der Waals surface area contributed by atoms with Crippen LogP contribution in [0.2, 0.25) is 0 Å². The number of anilines is 1. The Balaban J connectivity index is 1.79. The highest BCUT2D eigenvalue weighted by Gasteiger charge is 2.20. The topological polar surface area (TPSA) is 75.1 Å². The molecular weight excluding hydrogens is 266 g/mol. The van der Waals surface area contributed by atoms with Gasteiger partial charge in [-0.1, -0.05) is 44.2 Å². The Hall–Kier alpha value is -2.63. The Morgan fingerprint density at radius 2 is 1.95 bits per heavy atom. The van der Waals surface area contributed by atoms with Crippen LogP contribution in [-0.4, -0.2) is 26.4 Å². The van der Waals surface area contributed by atoms with E-state index in [1.54, 1.807) is 6.07 Å². The zero-order valence-electron chi connectivity index (χ0n) is 12.0. The second-order valence-corrected chi connectivity index (χ2v) is 5.62. The molecule has 0 aliphatic carbocycles. The van der Waals surface area contributed by atoms with Crippen molar-refractivity contribution in [2.45, 2.75) is 19.3 Å². The summed E-state index contributed by atoms with van der Waals surface area (Å²) in [6, 6.07) is 13.9. The first-order chi connectivity index (χ1) is 10.1. The Morgan fingerprint density at radius 3 is 2.71 bits per heavy atom. The van der Waals surface area contributed by atoms with Gasteiger partial charge in [-0.3, -0.25) is 0 Å². The molecule has 3 rings (SSSR count). The highest BCUT2D eigenvalue weighted by atomic mass is 16.2. The number of nitrogens with one attached hydrogen (secondary N) is 2. The summed E-state index contributed by atoms with van der Waals surface area (Å²) in [5, 5.41) is 13.7. The predicted octanol–water partition coefficient (Wildman–Crippen LogP) is 1.81. The van der Waals surface area contributed by atoms with Crippen LogP contribution in [0.3, 0.4) is 0 Å². The molecule has 0 saturated heterocycles. The third-order valence-corrected chi connectivity index (χ3v) is 3.54. The number of fused-ring (bicyclic) bond motifs is 1. The van der Waals surface area contributed by atoms with Gasteiger partial charge in [0.15, 0.2) is 5.65 Å². The number of benzene rings is 1. The first kappa shape index (κ1) is 13.4. The minimum absolute atomic E-state index is 0.0424.